The van der Waals surface area contributed by atoms with Crippen molar-refractivity contribution in [2.24, 2.45) is 18.9 Å². The summed E-state index contributed by atoms with van der Waals surface area (Å²) in [5, 5.41) is 0. The zero-order valence-corrected chi connectivity index (χ0v) is 38.0. The molecule has 4 aromatic rings. The summed E-state index contributed by atoms with van der Waals surface area (Å²) in [4.78, 5) is 4.06. The zero-order chi connectivity index (χ0) is 36.6. The molecule has 4 heterocycles. The van der Waals surface area contributed by atoms with E-state index in [1.165, 1.54) is 125 Å². The number of aromatic nitrogens is 4. The van der Waals surface area contributed by atoms with Crippen LogP contribution in [0.1, 0.15) is 103 Å². The molecule has 302 valence electrons. The maximum atomic E-state index is 4.06. The van der Waals surface area contributed by atoms with Crippen LogP contribution in [0.25, 0.3) is 22.3 Å². The summed E-state index contributed by atoms with van der Waals surface area (Å²) in [5.74, 6) is 1.70. The fourth-order valence-electron chi connectivity index (χ4n) is 7.29. The van der Waals surface area contributed by atoms with Gasteiger partial charge in [-0.25, -0.2) is 13.7 Å². The monoisotopic (exact) mass is 948 g/mol. The largest absolute Gasteiger partial charge is 1.00 e. The molecule has 0 spiro atoms. The first kappa shape index (κ1) is 49.5. The van der Waals surface area contributed by atoms with E-state index in [1.54, 1.807) is 0 Å². The minimum atomic E-state index is 0. The number of rotatable bonds is 12. The Balaban J connectivity index is 0.000000296. The van der Waals surface area contributed by atoms with Crippen LogP contribution < -0.4 is 37.7 Å². The number of hydrogen-bond donors (Lipinski definition) is 0. The van der Waals surface area contributed by atoms with Crippen LogP contribution in [0.4, 0.5) is 0 Å². The maximum Gasteiger partial charge on any atom is 0.169 e. The van der Waals surface area contributed by atoms with Gasteiger partial charge in [0.1, 0.15) is 20.1 Å². The van der Waals surface area contributed by atoms with Gasteiger partial charge in [-0.15, -0.1) is 0 Å². The molecule has 4 nitrogen and oxygen atoms in total. The van der Waals surface area contributed by atoms with Crippen molar-refractivity contribution in [2.45, 2.75) is 116 Å². The standard InChI is InChI=1S/C20H26N2.C19H23N2.2C5H8.2Fe.HI/c1-21-14-9-19(10-15-21)20-11-16-22(17-12-20)13-5-4-8-18-6-2-3-7-18;1-2-6-17(5-1)7-3-4-14-21-15-10-19(11-16-21)18-8-12-20-13-9-18;2*1-2-4-5-3-1;;;/h2,6,9-12,14-18H,3-5,7-8,13H2,1H3;1,5,8-13,15-17H,2-4,6-7,14H2;2*1-2H,3-5H2;;;1H/q+2;+1;;;;;/p-1/t18-;17-;;;;;/m11...../s1. The molecule has 0 saturated carbocycles. The van der Waals surface area contributed by atoms with Gasteiger partial charge in [0.05, 0.1) is 0 Å². The molecule has 4 aliphatic rings. The molecule has 0 amide bonds. The summed E-state index contributed by atoms with van der Waals surface area (Å²) in [6, 6.07) is 17.2. The van der Waals surface area contributed by atoms with Crippen LogP contribution in [0.15, 0.2) is 147 Å². The summed E-state index contributed by atoms with van der Waals surface area (Å²) < 4.78 is 6.65. The SMILES string of the molecule is C1=CCCC1.C1=CCCC1.C1=C[C@@H](CCCC[n+]2ccc(-c3ccncc3)cc2)CC1.C[n+]1ccc(-c2cc[n+](CCCC[C@@H]3C=CCC3)cc2)cc1.[Fe].[Fe].[I-]. The second-order valence-electron chi connectivity index (χ2n) is 15.0. The number of allylic oxidation sites excluding steroid dienone is 8. The molecule has 0 aromatic carbocycles. The summed E-state index contributed by atoms with van der Waals surface area (Å²) in [7, 11) is 2.05. The Morgan fingerprint density at radius 2 is 0.857 bits per heavy atom. The Morgan fingerprint density at radius 1 is 0.482 bits per heavy atom. The predicted molar refractivity (Wildman–Crippen MR) is 221 cm³/mol. The third-order valence-corrected chi connectivity index (χ3v) is 10.6. The van der Waals surface area contributed by atoms with Crippen molar-refractivity contribution in [1.29, 1.82) is 0 Å². The van der Waals surface area contributed by atoms with Crippen LogP contribution >= 0.6 is 0 Å². The van der Waals surface area contributed by atoms with E-state index in [-0.39, 0.29) is 58.1 Å². The van der Waals surface area contributed by atoms with Crippen LogP contribution in [0.2, 0.25) is 0 Å². The van der Waals surface area contributed by atoms with Crippen molar-refractivity contribution in [1.82, 2.24) is 4.98 Å². The molecule has 2 atom stereocenters. The molecule has 0 N–H and O–H groups in total. The second kappa shape index (κ2) is 30.4. The summed E-state index contributed by atoms with van der Waals surface area (Å²) >= 11 is 0. The Bertz CT molecular complexity index is 1660. The van der Waals surface area contributed by atoms with Crippen LogP contribution in [0.3, 0.4) is 0 Å². The zero-order valence-electron chi connectivity index (χ0n) is 33.6. The molecule has 8 rings (SSSR count). The molecule has 7 heteroatoms. The number of aryl methyl sites for hydroxylation is 3. The summed E-state index contributed by atoms with van der Waals surface area (Å²) in [5.41, 5.74) is 5.04. The molecule has 56 heavy (non-hydrogen) atoms. The van der Waals surface area contributed by atoms with Crippen LogP contribution in [0.5, 0.6) is 0 Å². The number of halogens is 1. The fourth-order valence-corrected chi connectivity index (χ4v) is 7.29. The van der Waals surface area contributed by atoms with Gasteiger partial charge in [-0.1, -0.05) is 48.6 Å². The normalized spacial score (nSPS) is 16.9. The predicted octanol–water partition coefficient (Wildman–Crippen LogP) is 8.23. The average molecular weight is 949 g/mol. The number of nitrogens with zero attached hydrogens (tertiary/aromatic N) is 4. The van der Waals surface area contributed by atoms with E-state index >= 15 is 0 Å². The minimum absolute atomic E-state index is 0. The van der Waals surface area contributed by atoms with Gasteiger partial charge < -0.3 is 24.0 Å². The smallest absolute Gasteiger partial charge is 0.169 e. The first-order valence-electron chi connectivity index (χ1n) is 20.7. The molecule has 0 bridgehead atoms. The van der Waals surface area contributed by atoms with Gasteiger partial charge in [0, 0.05) is 95.8 Å². The van der Waals surface area contributed by atoms with Crippen LogP contribution in [-0.4, -0.2) is 4.98 Å². The van der Waals surface area contributed by atoms with E-state index in [0.717, 1.165) is 24.9 Å². The van der Waals surface area contributed by atoms with Crippen molar-refractivity contribution in [3.63, 3.8) is 0 Å². The first-order chi connectivity index (χ1) is 26.2. The number of unbranched alkanes of at least 4 members (excludes halogenated alkanes) is 2. The van der Waals surface area contributed by atoms with E-state index in [0.29, 0.717) is 0 Å². The Kier molecular flexibility index (Phi) is 26.9. The minimum Gasteiger partial charge on any atom is -1.00 e. The molecular formula is C49H65Fe2IN4+2. The van der Waals surface area contributed by atoms with Crippen LogP contribution in [-0.2, 0) is 54.3 Å². The van der Waals surface area contributed by atoms with E-state index in [4.69, 9.17) is 0 Å². The fraction of sp³-hybridized carbons (Fsp3) is 0.429. The molecule has 0 saturated heterocycles. The van der Waals surface area contributed by atoms with Gasteiger partial charge in [-0.05, 0) is 136 Å². The molecule has 4 aromatic heterocycles. The van der Waals surface area contributed by atoms with Gasteiger partial charge in [-0.3, -0.25) is 4.98 Å². The van der Waals surface area contributed by atoms with Gasteiger partial charge in [-0.2, -0.15) is 0 Å². The summed E-state index contributed by atoms with van der Waals surface area (Å²) in [6.45, 7) is 2.24. The molecule has 0 fully saturated rings. The Morgan fingerprint density at radius 3 is 1.20 bits per heavy atom. The van der Waals surface area contributed by atoms with Gasteiger partial charge >= 0.3 is 0 Å². The third kappa shape index (κ3) is 19.7. The van der Waals surface area contributed by atoms with E-state index in [1.807, 2.05) is 19.4 Å². The third-order valence-electron chi connectivity index (χ3n) is 10.6. The van der Waals surface area contributed by atoms with Crippen LogP contribution in [0, 0.1) is 11.8 Å². The molecule has 0 unspecified atom stereocenters. The van der Waals surface area contributed by atoms with Gasteiger partial charge in [0.2, 0.25) is 0 Å². The summed E-state index contributed by atoms with van der Waals surface area (Å²) in [6.07, 6.45) is 56.3. The van der Waals surface area contributed by atoms with Crippen molar-refractivity contribution in [2.75, 3.05) is 0 Å². The van der Waals surface area contributed by atoms with Gasteiger partial charge in [0.15, 0.2) is 37.2 Å². The number of hydrogen-bond acceptors (Lipinski definition) is 1. The second-order valence-corrected chi connectivity index (χ2v) is 15.0. The quantitative estimate of drug-likeness (QED) is 0.0463. The van der Waals surface area contributed by atoms with E-state index in [2.05, 4.69) is 153 Å². The van der Waals surface area contributed by atoms with Crippen molar-refractivity contribution in [3.8, 4) is 22.3 Å². The molecular weight excluding hydrogens is 883 g/mol. The number of pyridine rings is 4. The molecule has 0 aliphatic heterocycles. The molecule has 0 radical (unpaired) electrons. The Hall–Kier alpha value is -2.67. The maximum absolute atomic E-state index is 4.06. The average Bonchev–Trinajstić information content (AvgIpc) is 4.07. The first-order valence-corrected chi connectivity index (χ1v) is 20.7. The van der Waals surface area contributed by atoms with Gasteiger partial charge in [0.25, 0.3) is 0 Å². The van der Waals surface area contributed by atoms with Crippen molar-refractivity contribution in [3.05, 3.63) is 147 Å². The van der Waals surface area contributed by atoms with E-state index < -0.39 is 0 Å². The van der Waals surface area contributed by atoms with Crippen molar-refractivity contribution < 1.29 is 71.8 Å². The Labute approximate surface area is 377 Å². The topological polar surface area (TPSA) is 24.5 Å². The molecule has 4 aliphatic carbocycles. The van der Waals surface area contributed by atoms with Crippen molar-refractivity contribution >= 4 is 0 Å². The van der Waals surface area contributed by atoms with E-state index in [9.17, 15) is 0 Å².